The fourth-order valence-corrected chi connectivity index (χ4v) is 4.73. The highest BCUT2D eigenvalue weighted by atomic mass is 35.5. The molecule has 0 radical (unpaired) electrons. The van der Waals surface area contributed by atoms with Gasteiger partial charge in [0.2, 0.25) is 0 Å². The molecular weight excluding hydrogens is 345 g/mol. The molecule has 1 atom stereocenters. The Morgan fingerprint density at radius 2 is 1.35 bits per heavy atom. The smallest absolute Gasteiger partial charge is 0.191 e. The Hall–Kier alpha value is 0.600. The van der Waals surface area contributed by atoms with Crippen molar-refractivity contribution in [2.75, 3.05) is 0 Å². The summed E-state index contributed by atoms with van der Waals surface area (Å²) in [7, 11) is 0. The van der Waals surface area contributed by atoms with Crippen LogP contribution in [0.3, 0.4) is 0 Å². The maximum atomic E-state index is 6.49. The van der Waals surface area contributed by atoms with Gasteiger partial charge in [-0.1, -0.05) is 108 Å². The van der Waals surface area contributed by atoms with Crippen molar-refractivity contribution in [2.24, 2.45) is 10.3 Å². The Labute approximate surface area is 158 Å². The van der Waals surface area contributed by atoms with Crippen LogP contribution in [0, 0.1) is 5.92 Å². The van der Waals surface area contributed by atoms with Crippen molar-refractivity contribution in [2.45, 2.75) is 107 Å². The van der Waals surface area contributed by atoms with Crippen molar-refractivity contribution in [1.29, 1.82) is 0 Å². The van der Waals surface area contributed by atoms with Gasteiger partial charge in [-0.2, -0.15) is 0 Å². The van der Waals surface area contributed by atoms with Gasteiger partial charge in [0, 0.05) is 23.6 Å². The van der Waals surface area contributed by atoms with Crippen LogP contribution in [-0.2, 0) is 0 Å². The molecule has 4 heteroatoms. The third kappa shape index (κ3) is 9.02. The molecule has 1 aliphatic rings. The van der Waals surface area contributed by atoms with Crippen molar-refractivity contribution in [3.8, 4) is 0 Å². The summed E-state index contributed by atoms with van der Waals surface area (Å²) in [5, 5.41) is 0. The molecule has 1 unspecified atom stereocenters. The third-order valence-electron chi connectivity index (χ3n) is 4.73. The molecule has 0 fully saturated rings. The molecule has 1 aliphatic heterocycles. The molecule has 0 aromatic rings. The molecule has 0 N–H and O–H groups in total. The molecule has 0 saturated heterocycles. The highest BCUT2D eigenvalue weighted by molar-refractivity contribution is 8.02. The van der Waals surface area contributed by atoms with E-state index in [1.54, 1.807) is 0 Å². The standard InChI is InChI=1S/C19H35Cl2NS/c1-3-5-7-9-11-13-15-17-18(22-23-19(17,20)21)16-14-12-10-8-6-4-2/h17H,3-16H2,1-2H3. The van der Waals surface area contributed by atoms with E-state index < -0.39 is 3.67 Å². The Morgan fingerprint density at radius 3 is 1.96 bits per heavy atom. The molecule has 0 spiro atoms. The Balaban J connectivity index is 2.22. The summed E-state index contributed by atoms with van der Waals surface area (Å²) in [5.41, 5.74) is 1.27. The third-order valence-corrected chi connectivity index (χ3v) is 6.52. The summed E-state index contributed by atoms with van der Waals surface area (Å²) < 4.78 is 3.88. The predicted octanol–water partition coefficient (Wildman–Crippen LogP) is 8.34. The van der Waals surface area contributed by atoms with Gasteiger partial charge in [-0.15, -0.1) is 0 Å². The lowest BCUT2D eigenvalue weighted by atomic mass is 9.93. The average Bonchev–Trinajstić information content (AvgIpc) is 2.81. The second-order valence-corrected chi connectivity index (χ2v) is 9.71. The molecule has 0 aromatic heterocycles. The van der Waals surface area contributed by atoms with Crippen LogP contribution >= 0.6 is 35.1 Å². The zero-order valence-corrected chi connectivity index (χ0v) is 17.4. The molecule has 1 rings (SSSR count). The van der Waals surface area contributed by atoms with Gasteiger partial charge in [-0.25, -0.2) is 4.40 Å². The summed E-state index contributed by atoms with van der Waals surface area (Å²) in [5.74, 6) is 0.262. The van der Waals surface area contributed by atoms with Crippen molar-refractivity contribution in [3.63, 3.8) is 0 Å². The van der Waals surface area contributed by atoms with E-state index in [1.165, 1.54) is 94.7 Å². The van der Waals surface area contributed by atoms with E-state index in [9.17, 15) is 0 Å². The lowest BCUT2D eigenvalue weighted by Crippen LogP contribution is -2.24. The number of nitrogens with zero attached hydrogens (tertiary/aromatic N) is 1. The lowest BCUT2D eigenvalue weighted by molar-refractivity contribution is 0.538. The number of rotatable bonds is 14. The fourth-order valence-electron chi connectivity index (χ4n) is 3.21. The summed E-state index contributed by atoms with van der Waals surface area (Å²) in [4.78, 5) is 0. The fraction of sp³-hybridized carbons (Fsp3) is 0.947. The molecular formula is C19H35Cl2NS. The predicted molar refractivity (Wildman–Crippen MR) is 109 cm³/mol. The first-order valence-electron chi connectivity index (χ1n) is 9.74. The molecule has 1 heterocycles. The van der Waals surface area contributed by atoms with E-state index in [1.807, 2.05) is 0 Å². The molecule has 136 valence electrons. The Bertz CT molecular complexity index is 331. The summed E-state index contributed by atoms with van der Waals surface area (Å²) in [6.45, 7) is 4.52. The monoisotopic (exact) mass is 379 g/mol. The van der Waals surface area contributed by atoms with Crippen LogP contribution < -0.4 is 0 Å². The van der Waals surface area contributed by atoms with Crippen molar-refractivity contribution < 1.29 is 0 Å². The van der Waals surface area contributed by atoms with Gasteiger partial charge in [0.25, 0.3) is 0 Å². The number of halogens is 2. The first-order chi connectivity index (χ1) is 11.1. The van der Waals surface area contributed by atoms with E-state index >= 15 is 0 Å². The Kier molecular flexibility index (Phi) is 12.1. The number of hydrogen-bond donors (Lipinski definition) is 0. The molecule has 0 bridgehead atoms. The molecule has 0 amide bonds. The lowest BCUT2D eigenvalue weighted by Gasteiger charge is -2.22. The highest BCUT2D eigenvalue weighted by Gasteiger charge is 2.43. The van der Waals surface area contributed by atoms with Crippen molar-refractivity contribution >= 4 is 40.9 Å². The van der Waals surface area contributed by atoms with Crippen LogP contribution in [0.1, 0.15) is 104 Å². The zero-order chi connectivity index (χ0) is 17.0. The zero-order valence-electron chi connectivity index (χ0n) is 15.1. The van der Waals surface area contributed by atoms with Crippen LogP contribution in [0.5, 0.6) is 0 Å². The van der Waals surface area contributed by atoms with Crippen LogP contribution in [0.2, 0.25) is 0 Å². The maximum Gasteiger partial charge on any atom is 0.191 e. The van der Waals surface area contributed by atoms with Gasteiger partial charge < -0.3 is 0 Å². The molecule has 0 saturated carbocycles. The minimum atomic E-state index is -0.721. The normalized spacial score (nSPS) is 20.0. The van der Waals surface area contributed by atoms with Gasteiger partial charge in [0.15, 0.2) is 3.67 Å². The number of alkyl halides is 2. The van der Waals surface area contributed by atoms with E-state index in [4.69, 9.17) is 23.2 Å². The quantitative estimate of drug-likeness (QED) is 0.168. The van der Waals surface area contributed by atoms with Gasteiger partial charge in [0.05, 0.1) is 0 Å². The van der Waals surface area contributed by atoms with Crippen LogP contribution in [-0.4, -0.2) is 9.38 Å². The van der Waals surface area contributed by atoms with Crippen LogP contribution in [0.25, 0.3) is 0 Å². The minimum Gasteiger partial charge on any atom is -0.222 e. The van der Waals surface area contributed by atoms with E-state index in [0.717, 1.165) is 12.8 Å². The number of hydrogen-bond acceptors (Lipinski definition) is 2. The van der Waals surface area contributed by atoms with E-state index in [0.29, 0.717) is 0 Å². The molecule has 23 heavy (non-hydrogen) atoms. The largest absolute Gasteiger partial charge is 0.222 e. The summed E-state index contributed by atoms with van der Waals surface area (Å²) in [6.07, 6.45) is 18.0. The molecule has 1 nitrogen and oxygen atoms in total. The van der Waals surface area contributed by atoms with Crippen molar-refractivity contribution in [3.05, 3.63) is 0 Å². The second kappa shape index (κ2) is 12.9. The average molecular weight is 380 g/mol. The van der Waals surface area contributed by atoms with Crippen LogP contribution in [0.15, 0.2) is 4.40 Å². The van der Waals surface area contributed by atoms with Gasteiger partial charge in [-0.3, -0.25) is 0 Å². The van der Waals surface area contributed by atoms with Crippen molar-refractivity contribution in [1.82, 2.24) is 0 Å². The van der Waals surface area contributed by atoms with Gasteiger partial charge >= 0.3 is 0 Å². The summed E-state index contributed by atoms with van der Waals surface area (Å²) >= 11 is 14.4. The highest BCUT2D eigenvalue weighted by Crippen LogP contribution is 2.50. The SMILES string of the molecule is CCCCCCCCC1=NSC(Cl)(Cl)C1CCCCCCCC. The second-order valence-electron chi connectivity index (χ2n) is 6.86. The van der Waals surface area contributed by atoms with Gasteiger partial charge in [0.1, 0.15) is 0 Å². The summed E-state index contributed by atoms with van der Waals surface area (Å²) in [6, 6.07) is 0. The van der Waals surface area contributed by atoms with Crippen LogP contribution in [0.4, 0.5) is 0 Å². The van der Waals surface area contributed by atoms with Gasteiger partial charge in [-0.05, 0) is 19.3 Å². The van der Waals surface area contributed by atoms with E-state index in [-0.39, 0.29) is 5.92 Å². The number of unbranched alkanes of at least 4 members (excludes halogenated alkanes) is 10. The maximum absolute atomic E-state index is 6.49. The minimum absolute atomic E-state index is 0.262. The first-order valence-corrected chi connectivity index (χ1v) is 11.3. The Morgan fingerprint density at radius 1 is 0.826 bits per heavy atom. The first kappa shape index (κ1) is 21.6. The topological polar surface area (TPSA) is 12.4 Å². The van der Waals surface area contributed by atoms with E-state index in [2.05, 4.69) is 18.2 Å². The molecule has 0 aliphatic carbocycles. The molecule has 0 aromatic carbocycles.